The molecule has 1 aromatic carbocycles. The number of aryl methyl sites for hydroxylation is 1. The zero-order chi connectivity index (χ0) is 22.1. The third-order valence-corrected chi connectivity index (χ3v) is 7.20. The number of hydrogen-bond donors (Lipinski definition) is 2. The molecule has 0 aliphatic heterocycles. The Morgan fingerprint density at radius 3 is 2.59 bits per heavy atom. The van der Waals surface area contributed by atoms with Crippen LogP contribution in [0.5, 0.6) is 0 Å². The average molecular weight is 442 g/mol. The highest BCUT2D eigenvalue weighted by atomic mass is 32.1. The molecule has 4 aromatic heterocycles. The molecule has 0 unspecified atom stereocenters. The first-order chi connectivity index (χ1) is 15.3. The second-order valence-corrected chi connectivity index (χ2v) is 10.1. The fourth-order valence-electron chi connectivity index (χ4n) is 4.96. The fourth-order valence-corrected chi connectivity index (χ4v) is 5.71. The molecule has 0 atom stereocenters. The first-order valence-corrected chi connectivity index (χ1v) is 11.5. The molecule has 1 aliphatic carbocycles. The van der Waals surface area contributed by atoms with Crippen molar-refractivity contribution in [3.63, 3.8) is 0 Å². The molecule has 6 nitrogen and oxygen atoms in total. The molecule has 1 fully saturated rings. The van der Waals surface area contributed by atoms with Crippen LogP contribution in [0.1, 0.15) is 31.0 Å². The van der Waals surface area contributed by atoms with E-state index >= 15 is 0 Å². The van der Waals surface area contributed by atoms with Crippen LogP contribution >= 0.6 is 11.3 Å². The Kier molecular flexibility index (Phi) is 4.08. The van der Waals surface area contributed by atoms with E-state index in [1.807, 2.05) is 30.6 Å². The van der Waals surface area contributed by atoms with Gasteiger partial charge in [0.1, 0.15) is 0 Å². The van der Waals surface area contributed by atoms with Gasteiger partial charge in [0.05, 0.1) is 17.0 Å². The predicted molar refractivity (Wildman–Crippen MR) is 127 cm³/mol. The van der Waals surface area contributed by atoms with Gasteiger partial charge in [-0.2, -0.15) is 9.61 Å². The van der Waals surface area contributed by atoms with E-state index in [0.29, 0.717) is 12.8 Å². The van der Waals surface area contributed by atoms with Gasteiger partial charge in [-0.3, -0.25) is 0 Å². The van der Waals surface area contributed by atoms with Crippen molar-refractivity contribution in [2.45, 2.75) is 37.8 Å². The van der Waals surface area contributed by atoms with Crippen molar-refractivity contribution in [1.82, 2.24) is 19.6 Å². The summed E-state index contributed by atoms with van der Waals surface area (Å²) in [4.78, 5) is 10.8. The third kappa shape index (κ3) is 3.04. The molecule has 5 aromatic rings. The topological polar surface area (TPSA) is 89.3 Å². The molecule has 0 amide bonds. The number of rotatable bonds is 3. The lowest BCUT2D eigenvalue weighted by molar-refractivity contribution is -0.0738. The molecule has 0 spiro atoms. The van der Waals surface area contributed by atoms with Crippen molar-refractivity contribution in [3.8, 4) is 21.7 Å². The van der Waals surface area contributed by atoms with Crippen molar-refractivity contribution in [3.05, 3.63) is 71.4 Å². The standard InChI is InChI=1S/C25H23N5OS/c1-15-10-21-27-12-17-11-19(20-4-3-9-32-20)22(28-23(17)30(21)29-15)16-5-7-18(8-6-16)25(26)13-24(2,31)14-25/h3-12,31H,13-14,26H2,1-2H3. The van der Waals surface area contributed by atoms with E-state index in [0.717, 1.165) is 49.6 Å². The van der Waals surface area contributed by atoms with Crippen LogP contribution in [0.3, 0.4) is 0 Å². The van der Waals surface area contributed by atoms with Crippen LogP contribution in [-0.4, -0.2) is 30.3 Å². The molecular weight excluding hydrogens is 418 g/mol. The molecule has 32 heavy (non-hydrogen) atoms. The summed E-state index contributed by atoms with van der Waals surface area (Å²) in [5.41, 5.74) is 11.9. The van der Waals surface area contributed by atoms with E-state index in [4.69, 9.17) is 10.7 Å². The smallest absolute Gasteiger partial charge is 0.165 e. The highest BCUT2D eigenvalue weighted by Gasteiger charge is 2.49. The first kappa shape index (κ1) is 19.5. The molecule has 0 saturated heterocycles. The van der Waals surface area contributed by atoms with Crippen LogP contribution in [0.4, 0.5) is 0 Å². The number of pyridine rings is 1. The van der Waals surface area contributed by atoms with Gasteiger partial charge < -0.3 is 10.8 Å². The van der Waals surface area contributed by atoms with Gasteiger partial charge >= 0.3 is 0 Å². The molecule has 4 heterocycles. The molecular formula is C25H23N5OS. The lowest BCUT2D eigenvalue weighted by Crippen LogP contribution is -2.58. The summed E-state index contributed by atoms with van der Waals surface area (Å²) < 4.78 is 1.81. The SMILES string of the molecule is Cc1cc2ncc3cc(-c4cccs4)c(-c4ccc(C5(N)CC(C)(O)C5)cc4)nc3n2n1. The normalized spacial score (nSPS) is 23.0. The van der Waals surface area contributed by atoms with E-state index in [-0.39, 0.29) is 0 Å². The van der Waals surface area contributed by atoms with Gasteiger partial charge in [-0.05, 0) is 49.8 Å². The molecule has 3 N–H and O–H groups in total. The number of nitrogens with two attached hydrogens (primary N) is 1. The minimum absolute atomic E-state index is 0.472. The number of thiophene rings is 1. The Bertz CT molecular complexity index is 1460. The third-order valence-electron chi connectivity index (χ3n) is 6.29. The summed E-state index contributed by atoms with van der Waals surface area (Å²) >= 11 is 1.69. The van der Waals surface area contributed by atoms with E-state index in [2.05, 4.69) is 57.9 Å². The Labute approximate surface area is 189 Å². The van der Waals surface area contributed by atoms with Crippen LogP contribution in [0.15, 0.2) is 60.1 Å². The molecule has 7 heteroatoms. The number of aliphatic hydroxyl groups is 1. The zero-order valence-electron chi connectivity index (χ0n) is 17.9. The second-order valence-electron chi connectivity index (χ2n) is 9.17. The van der Waals surface area contributed by atoms with Crippen LogP contribution in [0.25, 0.3) is 38.4 Å². The van der Waals surface area contributed by atoms with Gasteiger partial charge in [0.25, 0.3) is 0 Å². The zero-order valence-corrected chi connectivity index (χ0v) is 18.7. The van der Waals surface area contributed by atoms with E-state index in [1.54, 1.807) is 11.3 Å². The Balaban J connectivity index is 1.52. The number of aromatic nitrogens is 4. The number of nitrogens with zero attached hydrogens (tertiary/aromatic N) is 4. The lowest BCUT2D eigenvalue weighted by atomic mass is 9.63. The predicted octanol–water partition coefficient (Wildman–Crippen LogP) is 4.68. The minimum Gasteiger partial charge on any atom is -0.390 e. The Morgan fingerprint density at radius 2 is 1.91 bits per heavy atom. The maximum atomic E-state index is 10.2. The van der Waals surface area contributed by atoms with E-state index in [9.17, 15) is 5.11 Å². The van der Waals surface area contributed by atoms with Crippen LogP contribution in [0.2, 0.25) is 0 Å². The summed E-state index contributed by atoms with van der Waals surface area (Å²) in [6.07, 6.45) is 3.00. The van der Waals surface area contributed by atoms with Crippen molar-refractivity contribution >= 4 is 28.0 Å². The highest BCUT2D eigenvalue weighted by molar-refractivity contribution is 7.13. The van der Waals surface area contributed by atoms with Crippen molar-refractivity contribution in [1.29, 1.82) is 0 Å². The van der Waals surface area contributed by atoms with Crippen LogP contribution in [0, 0.1) is 6.92 Å². The molecule has 0 radical (unpaired) electrons. The lowest BCUT2D eigenvalue weighted by Gasteiger charge is -2.49. The first-order valence-electron chi connectivity index (χ1n) is 10.6. The average Bonchev–Trinajstić information content (AvgIpc) is 3.40. The van der Waals surface area contributed by atoms with Crippen molar-refractivity contribution < 1.29 is 5.11 Å². The molecule has 0 bridgehead atoms. The summed E-state index contributed by atoms with van der Waals surface area (Å²) in [5.74, 6) is 0. The van der Waals surface area contributed by atoms with Gasteiger partial charge in [-0.1, -0.05) is 30.3 Å². The summed E-state index contributed by atoms with van der Waals surface area (Å²) in [7, 11) is 0. The van der Waals surface area contributed by atoms with Gasteiger partial charge in [0.15, 0.2) is 11.3 Å². The van der Waals surface area contributed by atoms with E-state index < -0.39 is 11.1 Å². The van der Waals surface area contributed by atoms with Crippen molar-refractivity contribution in [2.75, 3.05) is 0 Å². The number of benzene rings is 1. The Morgan fingerprint density at radius 1 is 1.12 bits per heavy atom. The maximum absolute atomic E-state index is 10.2. The van der Waals surface area contributed by atoms with Gasteiger partial charge in [-0.25, -0.2) is 9.97 Å². The maximum Gasteiger partial charge on any atom is 0.165 e. The summed E-state index contributed by atoms with van der Waals surface area (Å²) in [6, 6.07) is 16.6. The highest BCUT2D eigenvalue weighted by Crippen LogP contribution is 2.46. The number of fused-ring (bicyclic) bond motifs is 3. The number of hydrogen-bond acceptors (Lipinski definition) is 6. The van der Waals surface area contributed by atoms with Gasteiger partial charge in [-0.15, -0.1) is 11.3 Å². The molecule has 1 saturated carbocycles. The van der Waals surface area contributed by atoms with Crippen molar-refractivity contribution in [2.24, 2.45) is 5.73 Å². The van der Waals surface area contributed by atoms with E-state index in [1.165, 1.54) is 0 Å². The Hall–Kier alpha value is -3.13. The molecule has 6 rings (SSSR count). The summed E-state index contributed by atoms with van der Waals surface area (Å²) in [5, 5.41) is 17.8. The van der Waals surface area contributed by atoms with Gasteiger partial charge in [0.2, 0.25) is 0 Å². The quantitative estimate of drug-likeness (QED) is 0.424. The molecule has 160 valence electrons. The van der Waals surface area contributed by atoms with Gasteiger partial charge in [0, 0.05) is 39.2 Å². The van der Waals surface area contributed by atoms with Crippen LogP contribution < -0.4 is 5.73 Å². The monoisotopic (exact) mass is 441 g/mol. The second kappa shape index (κ2) is 6.68. The minimum atomic E-state index is -0.680. The fraction of sp³-hybridized carbons (Fsp3) is 0.240. The summed E-state index contributed by atoms with van der Waals surface area (Å²) in [6.45, 7) is 3.80. The largest absolute Gasteiger partial charge is 0.390 e. The molecule has 1 aliphatic rings. The van der Waals surface area contributed by atoms with Crippen LogP contribution in [-0.2, 0) is 5.54 Å².